The van der Waals surface area contributed by atoms with Gasteiger partial charge in [0.05, 0.1) is 11.0 Å². The Morgan fingerprint density at radius 1 is 1.11 bits per heavy atom. The van der Waals surface area contributed by atoms with Gasteiger partial charge in [0.15, 0.2) is 18.0 Å². The molecule has 0 bridgehead atoms. The molecule has 0 spiro atoms. The fourth-order valence-corrected chi connectivity index (χ4v) is 8.92. The van der Waals surface area contributed by atoms with Gasteiger partial charge in [-0.25, -0.2) is 0 Å². The number of allylic oxidation sites excluding steroid dienone is 1. The van der Waals surface area contributed by atoms with E-state index in [1.54, 1.807) is 19.9 Å². The summed E-state index contributed by atoms with van der Waals surface area (Å²) in [4.78, 5) is 49.7. The maximum Gasteiger partial charge on any atom is 0.306 e. The molecule has 4 rings (SSSR count). The quantitative estimate of drug-likeness (QED) is 0.409. The van der Waals surface area contributed by atoms with Gasteiger partial charge < -0.3 is 14.6 Å². The zero-order valence-corrected chi connectivity index (χ0v) is 22.8. The minimum absolute atomic E-state index is 0.0973. The van der Waals surface area contributed by atoms with Crippen molar-refractivity contribution in [3.63, 3.8) is 0 Å². The highest BCUT2D eigenvalue weighted by Crippen LogP contribution is 2.72. The van der Waals surface area contributed by atoms with Gasteiger partial charge in [-0.2, -0.15) is 0 Å². The van der Waals surface area contributed by atoms with Gasteiger partial charge in [-0.1, -0.05) is 40.2 Å². The van der Waals surface area contributed by atoms with Crippen LogP contribution >= 0.6 is 11.6 Å². The summed E-state index contributed by atoms with van der Waals surface area (Å²) >= 11 is 7.53. The lowest BCUT2D eigenvalue weighted by molar-refractivity contribution is -0.204. The Hall–Kier alpha value is -1.73. The number of carbonyl (C=O) groups excluding carboxylic acids is 4. The van der Waals surface area contributed by atoms with Crippen molar-refractivity contribution in [3.8, 4) is 0 Å². The molecule has 200 valence electrons. The summed E-state index contributed by atoms with van der Waals surface area (Å²) in [5.74, 6) is -1.92. The molecular formula is C28H39ClO7. The molecule has 7 nitrogen and oxygen atoms in total. The number of ether oxygens (including phenoxy) is 2. The second-order valence-corrected chi connectivity index (χ2v) is 12.4. The van der Waals surface area contributed by atoms with Gasteiger partial charge in [0.1, 0.15) is 0 Å². The van der Waals surface area contributed by atoms with E-state index in [0.29, 0.717) is 32.1 Å². The molecule has 0 radical (unpaired) electrons. The summed E-state index contributed by atoms with van der Waals surface area (Å²) < 4.78 is 11.3. The minimum atomic E-state index is -1.53. The lowest BCUT2D eigenvalue weighted by Gasteiger charge is -2.65. The van der Waals surface area contributed by atoms with Gasteiger partial charge in [0.25, 0.3) is 0 Å². The van der Waals surface area contributed by atoms with Crippen LogP contribution in [-0.2, 0) is 28.7 Å². The number of ketones is 2. The number of hydrogen-bond donors (Lipinski definition) is 1. The molecule has 3 saturated carbocycles. The molecule has 0 saturated heterocycles. The summed E-state index contributed by atoms with van der Waals surface area (Å²) in [5.41, 5.74) is -1.96. The Labute approximate surface area is 218 Å². The molecule has 3 fully saturated rings. The summed E-state index contributed by atoms with van der Waals surface area (Å²) in [6.07, 6.45) is 4.10. The van der Waals surface area contributed by atoms with Gasteiger partial charge in [-0.05, 0) is 50.0 Å². The van der Waals surface area contributed by atoms with Crippen LogP contribution in [0, 0.1) is 28.6 Å². The number of rotatable bonds is 6. The fourth-order valence-electron chi connectivity index (χ4n) is 8.37. The predicted octanol–water partition coefficient (Wildman–Crippen LogP) is 4.31. The number of fused-ring (bicyclic) bond motifs is 5. The highest BCUT2D eigenvalue weighted by Gasteiger charge is 2.76. The summed E-state index contributed by atoms with van der Waals surface area (Å²) in [6.45, 7) is 8.75. The van der Waals surface area contributed by atoms with E-state index in [9.17, 15) is 24.3 Å². The molecule has 0 aliphatic heterocycles. The van der Waals surface area contributed by atoms with Crippen molar-refractivity contribution in [3.05, 3.63) is 11.6 Å². The van der Waals surface area contributed by atoms with Gasteiger partial charge in [0, 0.05) is 36.0 Å². The average molecular weight is 523 g/mol. The van der Waals surface area contributed by atoms with Crippen LogP contribution < -0.4 is 0 Å². The highest BCUT2D eigenvalue weighted by atomic mass is 35.5. The van der Waals surface area contributed by atoms with E-state index in [1.165, 1.54) is 0 Å². The first-order chi connectivity index (χ1) is 16.8. The number of hydrogen-bond acceptors (Lipinski definition) is 7. The number of aliphatic hydroxyl groups excluding tert-OH is 1. The first-order valence-electron chi connectivity index (χ1n) is 13.3. The third-order valence-corrected chi connectivity index (χ3v) is 11.2. The van der Waals surface area contributed by atoms with Gasteiger partial charge in [-0.3, -0.25) is 19.2 Å². The molecule has 0 amide bonds. The lowest BCUT2D eigenvalue weighted by Crippen LogP contribution is -2.70. The molecule has 4 aliphatic rings. The van der Waals surface area contributed by atoms with Crippen LogP contribution in [0.3, 0.4) is 0 Å². The Bertz CT molecular complexity index is 1010. The zero-order valence-electron chi connectivity index (χ0n) is 22.0. The number of Topliss-reactive ketones (excluding diaryl/α,β-unsaturated/α-hetero) is 1. The minimum Gasteiger partial charge on any atom is -0.457 e. The fraction of sp³-hybridized carbons (Fsp3) is 0.786. The summed E-state index contributed by atoms with van der Waals surface area (Å²) in [6, 6.07) is 0. The van der Waals surface area contributed by atoms with Crippen molar-refractivity contribution in [2.24, 2.45) is 28.6 Å². The average Bonchev–Trinajstić information content (AvgIpc) is 3.05. The van der Waals surface area contributed by atoms with Crippen LogP contribution in [0.15, 0.2) is 11.6 Å². The first kappa shape index (κ1) is 27.3. The maximum absolute atomic E-state index is 13.9. The number of esters is 2. The van der Waals surface area contributed by atoms with Crippen LogP contribution in [0.25, 0.3) is 0 Å². The van der Waals surface area contributed by atoms with Gasteiger partial charge in [-0.15, -0.1) is 11.6 Å². The largest absolute Gasteiger partial charge is 0.457 e. The SMILES string of the molecule is CCC(=O)OCC(=O)[C@]1(OC(=O)CC)[C@H](C)C[C@H]2[C@@H]3CCC4=CC(=O)CC[C@]4(C)[C@@]3(Cl)[C@H](O)C[C@@]21C. The molecule has 8 heteroatoms. The third kappa shape index (κ3) is 3.55. The van der Waals surface area contributed by atoms with Crippen molar-refractivity contribution in [2.45, 2.75) is 103 Å². The standard InChI is InChI=1S/C28H39ClO7/c1-6-23(33)35-15-22(32)28(36-24(34)7-2)16(3)12-20-19-9-8-17-13-18(30)10-11-25(17,4)27(19,29)21(31)14-26(20,28)5/h13,16,19-21,31H,6-12,14-15H2,1-5H3/t16-,19+,20+,21-,25+,26+,27+,28-/m1/s1. The summed E-state index contributed by atoms with van der Waals surface area (Å²) in [7, 11) is 0. The molecule has 0 aromatic rings. The molecule has 0 heterocycles. The normalized spacial score (nSPS) is 43.5. The summed E-state index contributed by atoms with van der Waals surface area (Å²) in [5, 5.41) is 11.8. The predicted molar refractivity (Wildman–Crippen MR) is 133 cm³/mol. The highest BCUT2D eigenvalue weighted by molar-refractivity contribution is 6.26. The van der Waals surface area contributed by atoms with E-state index in [0.717, 1.165) is 5.57 Å². The topological polar surface area (TPSA) is 107 Å². The van der Waals surface area contributed by atoms with Crippen molar-refractivity contribution in [2.75, 3.05) is 6.61 Å². The monoisotopic (exact) mass is 522 g/mol. The number of carbonyl (C=O) groups is 4. The Morgan fingerprint density at radius 2 is 1.78 bits per heavy atom. The van der Waals surface area contributed by atoms with E-state index in [-0.39, 0.29) is 42.8 Å². The molecule has 8 atom stereocenters. The second-order valence-electron chi connectivity index (χ2n) is 11.8. The first-order valence-corrected chi connectivity index (χ1v) is 13.7. The number of alkyl halides is 1. The molecule has 4 aliphatic carbocycles. The molecule has 1 N–H and O–H groups in total. The van der Waals surface area contributed by atoms with Crippen LogP contribution in [0.1, 0.15) is 86.0 Å². The van der Waals surface area contributed by atoms with Crippen molar-refractivity contribution < 1.29 is 33.8 Å². The van der Waals surface area contributed by atoms with Crippen LogP contribution in [0.2, 0.25) is 0 Å². The van der Waals surface area contributed by atoms with E-state index >= 15 is 0 Å². The van der Waals surface area contributed by atoms with Crippen LogP contribution in [0.4, 0.5) is 0 Å². The Morgan fingerprint density at radius 3 is 2.42 bits per heavy atom. The smallest absolute Gasteiger partial charge is 0.306 e. The maximum atomic E-state index is 13.9. The molecule has 0 aromatic heterocycles. The van der Waals surface area contributed by atoms with E-state index in [4.69, 9.17) is 21.1 Å². The Balaban J connectivity index is 1.79. The van der Waals surface area contributed by atoms with E-state index in [2.05, 4.69) is 6.92 Å². The Kier molecular flexibility index (Phi) is 7.00. The molecular weight excluding hydrogens is 484 g/mol. The van der Waals surface area contributed by atoms with Crippen molar-refractivity contribution in [1.29, 1.82) is 0 Å². The third-order valence-electron chi connectivity index (χ3n) is 10.2. The van der Waals surface area contributed by atoms with Crippen molar-refractivity contribution in [1.82, 2.24) is 0 Å². The van der Waals surface area contributed by atoms with Crippen molar-refractivity contribution >= 4 is 35.1 Å². The number of halogens is 1. The van der Waals surface area contributed by atoms with E-state index in [1.807, 2.05) is 13.8 Å². The van der Waals surface area contributed by atoms with Crippen LogP contribution in [0.5, 0.6) is 0 Å². The number of aliphatic hydroxyl groups is 1. The lowest BCUT2D eigenvalue weighted by atomic mass is 9.44. The molecule has 0 aromatic carbocycles. The van der Waals surface area contributed by atoms with Crippen LogP contribution in [-0.4, -0.2) is 51.8 Å². The zero-order chi connectivity index (χ0) is 26.7. The molecule has 0 unspecified atom stereocenters. The van der Waals surface area contributed by atoms with Gasteiger partial charge in [0.2, 0.25) is 5.78 Å². The molecule has 36 heavy (non-hydrogen) atoms. The van der Waals surface area contributed by atoms with Gasteiger partial charge >= 0.3 is 11.9 Å². The second kappa shape index (κ2) is 9.23. The van der Waals surface area contributed by atoms with E-state index < -0.39 is 51.7 Å².